The standard InChI is InChI=1S/C24H34F4O4/c1-4-7-8-9-10-11-12-13-17-31-21(29)23(5-2,6-3)22(30)32-19-16-14-15-18(20(19)25)24(26,27)28/h14-16H,4-13,17H2,1-3H3. The molecule has 0 heterocycles. The summed E-state index contributed by atoms with van der Waals surface area (Å²) >= 11 is 0. The van der Waals surface area contributed by atoms with Gasteiger partial charge in [-0.25, -0.2) is 4.39 Å². The third-order valence-corrected chi connectivity index (χ3v) is 5.69. The topological polar surface area (TPSA) is 52.6 Å². The maximum Gasteiger partial charge on any atom is 0.419 e. The van der Waals surface area contributed by atoms with Crippen LogP contribution >= 0.6 is 0 Å². The van der Waals surface area contributed by atoms with Gasteiger partial charge in [0.05, 0.1) is 12.2 Å². The van der Waals surface area contributed by atoms with E-state index >= 15 is 0 Å². The van der Waals surface area contributed by atoms with Crippen molar-refractivity contribution in [3.05, 3.63) is 29.6 Å². The molecule has 1 aromatic rings. The molecule has 8 heteroatoms. The molecule has 0 spiro atoms. The molecule has 0 aromatic heterocycles. The van der Waals surface area contributed by atoms with E-state index in [9.17, 15) is 27.2 Å². The quantitative estimate of drug-likeness (QED) is 0.0961. The number of esters is 2. The highest BCUT2D eigenvalue weighted by atomic mass is 19.4. The van der Waals surface area contributed by atoms with Crippen molar-refractivity contribution in [3.63, 3.8) is 0 Å². The van der Waals surface area contributed by atoms with Crippen LogP contribution in [0.4, 0.5) is 17.6 Å². The summed E-state index contributed by atoms with van der Waals surface area (Å²) in [6, 6.07) is 2.41. The van der Waals surface area contributed by atoms with Gasteiger partial charge in [0.25, 0.3) is 0 Å². The number of hydrogen-bond donors (Lipinski definition) is 0. The van der Waals surface area contributed by atoms with Gasteiger partial charge in [-0.15, -0.1) is 0 Å². The van der Waals surface area contributed by atoms with Gasteiger partial charge in [-0.05, 0) is 31.4 Å². The Labute approximate surface area is 187 Å². The van der Waals surface area contributed by atoms with Crippen LogP contribution in [0.15, 0.2) is 18.2 Å². The van der Waals surface area contributed by atoms with E-state index in [0.717, 1.165) is 31.4 Å². The fourth-order valence-electron chi connectivity index (χ4n) is 3.46. The molecule has 32 heavy (non-hydrogen) atoms. The molecule has 0 aliphatic heterocycles. The fourth-order valence-corrected chi connectivity index (χ4v) is 3.46. The van der Waals surface area contributed by atoms with E-state index in [2.05, 4.69) is 6.92 Å². The summed E-state index contributed by atoms with van der Waals surface area (Å²) < 4.78 is 63.2. The SMILES string of the molecule is CCCCCCCCCCOC(=O)C(CC)(CC)C(=O)Oc1cccc(C(F)(F)F)c1F. The van der Waals surface area contributed by atoms with Gasteiger partial charge >= 0.3 is 18.1 Å². The number of benzene rings is 1. The van der Waals surface area contributed by atoms with Crippen molar-refractivity contribution >= 4 is 11.9 Å². The first kappa shape index (κ1) is 27.9. The van der Waals surface area contributed by atoms with Crippen LogP contribution in [0.25, 0.3) is 0 Å². The van der Waals surface area contributed by atoms with E-state index in [-0.39, 0.29) is 19.4 Å². The lowest BCUT2D eigenvalue weighted by Crippen LogP contribution is -2.42. The lowest BCUT2D eigenvalue weighted by atomic mass is 9.82. The van der Waals surface area contributed by atoms with Crippen molar-refractivity contribution in [1.29, 1.82) is 0 Å². The summed E-state index contributed by atoms with van der Waals surface area (Å²) in [6.45, 7) is 5.45. The zero-order chi connectivity index (χ0) is 24.2. The lowest BCUT2D eigenvalue weighted by molar-refractivity contribution is -0.168. The number of carbonyl (C=O) groups is 2. The van der Waals surface area contributed by atoms with E-state index in [1.807, 2.05) is 0 Å². The summed E-state index contributed by atoms with van der Waals surface area (Å²) in [6.07, 6.45) is 3.61. The van der Waals surface area contributed by atoms with Crippen LogP contribution in [-0.4, -0.2) is 18.5 Å². The average molecular weight is 463 g/mol. The van der Waals surface area contributed by atoms with Crippen LogP contribution in [0.1, 0.15) is 90.5 Å². The molecular formula is C24H34F4O4. The molecule has 0 aliphatic carbocycles. The van der Waals surface area contributed by atoms with Crippen molar-refractivity contribution in [2.45, 2.75) is 91.2 Å². The third kappa shape index (κ3) is 7.78. The monoisotopic (exact) mass is 462 g/mol. The van der Waals surface area contributed by atoms with Crippen LogP contribution in [0.5, 0.6) is 5.75 Å². The molecule has 0 amide bonds. The first-order valence-corrected chi connectivity index (χ1v) is 11.4. The largest absolute Gasteiger partial charge is 0.465 e. The van der Waals surface area contributed by atoms with Gasteiger partial charge in [0.2, 0.25) is 0 Å². The zero-order valence-corrected chi connectivity index (χ0v) is 19.2. The number of hydrogen-bond acceptors (Lipinski definition) is 4. The second-order valence-electron chi connectivity index (χ2n) is 7.90. The third-order valence-electron chi connectivity index (χ3n) is 5.69. The van der Waals surface area contributed by atoms with Crippen molar-refractivity contribution in [3.8, 4) is 5.75 Å². The molecule has 1 rings (SSSR count). The molecule has 0 fully saturated rings. The van der Waals surface area contributed by atoms with E-state index < -0.39 is 40.7 Å². The van der Waals surface area contributed by atoms with E-state index in [0.29, 0.717) is 12.5 Å². The Balaban J connectivity index is 2.70. The maximum atomic E-state index is 14.2. The Morgan fingerprint density at radius 1 is 0.844 bits per heavy atom. The van der Waals surface area contributed by atoms with Crippen LogP contribution in [0.2, 0.25) is 0 Å². The first-order valence-electron chi connectivity index (χ1n) is 11.4. The molecule has 0 saturated heterocycles. The van der Waals surface area contributed by atoms with Crippen LogP contribution < -0.4 is 4.74 Å². The Bertz CT molecular complexity index is 727. The Morgan fingerprint density at radius 3 is 1.94 bits per heavy atom. The molecule has 0 saturated carbocycles. The molecule has 0 radical (unpaired) electrons. The van der Waals surface area contributed by atoms with E-state index in [4.69, 9.17) is 9.47 Å². The smallest absolute Gasteiger partial charge is 0.419 e. The Kier molecular flexibility index (Phi) is 11.7. The number of alkyl halides is 3. The number of ether oxygens (including phenoxy) is 2. The van der Waals surface area contributed by atoms with Crippen LogP contribution in [-0.2, 0) is 20.5 Å². The number of rotatable bonds is 14. The Morgan fingerprint density at radius 2 is 1.41 bits per heavy atom. The van der Waals surface area contributed by atoms with Crippen molar-refractivity contribution in [1.82, 2.24) is 0 Å². The van der Waals surface area contributed by atoms with Crippen LogP contribution in [0.3, 0.4) is 0 Å². The number of carbonyl (C=O) groups excluding carboxylic acids is 2. The molecular weight excluding hydrogens is 428 g/mol. The van der Waals surface area contributed by atoms with Gasteiger partial charge in [-0.3, -0.25) is 9.59 Å². The van der Waals surface area contributed by atoms with Gasteiger partial charge in [0.15, 0.2) is 17.0 Å². The molecule has 0 aliphatic rings. The summed E-state index contributed by atoms with van der Waals surface area (Å²) in [5.41, 5.74) is -3.25. The molecule has 0 N–H and O–H groups in total. The average Bonchev–Trinajstić information content (AvgIpc) is 2.74. The normalized spacial score (nSPS) is 12.0. The van der Waals surface area contributed by atoms with E-state index in [1.54, 1.807) is 13.8 Å². The van der Waals surface area contributed by atoms with Gasteiger partial charge in [0.1, 0.15) is 0 Å². The molecule has 0 unspecified atom stereocenters. The first-order chi connectivity index (χ1) is 15.1. The fraction of sp³-hybridized carbons (Fsp3) is 0.667. The molecule has 4 nitrogen and oxygen atoms in total. The highest BCUT2D eigenvalue weighted by Crippen LogP contribution is 2.36. The van der Waals surface area contributed by atoms with Crippen molar-refractivity contribution in [2.24, 2.45) is 5.41 Å². The summed E-state index contributed by atoms with van der Waals surface area (Å²) in [7, 11) is 0. The summed E-state index contributed by atoms with van der Waals surface area (Å²) in [5.74, 6) is -4.49. The molecule has 0 atom stereocenters. The van der Waals surface area contributed by atoms with Gasteiger partial charge in [-0.1, -0.05) is 71.8 Å². The minimum absolute atomic E-state index is 0.0131. The minimum atomic E-state index is -4.94. The highest BCUT2D eigenvalue weighted by molar-refractivity contribution is 6.00. The predicted octanol–water partition coefficient (Wildman–Crippen LogP) is 7.24. The number of halogens is 4. The van der Waals surface area contributed by atoms with E-state index in [1.165, 1.54) is 25.7 Å². The minimum Gasteiger partial charge on any atom is -0.465 e. The summed E-state index contributed by atoms with van der Waals surface area (Å²) in [5, 5.41) is 0. The van der Waals surface area contributed by atoms with Gasteiger partial charge in [-0.2, -0.15) is 13.2 Å². The molecule has 1 aromatic carbocycles. The second-order valence-corrected chi connectivity index (χ2v) is 7.90. The van der Waals surface area contributed by atoms with Gasteiger partial charge < -0.3 is 9.47 Å². The molecule has 182 valence electrons. The van der Waals surface area contributed by atoms with Gasteiger partial charge in [0, 0.05) is 0 Å². The predicted molar refractivity (Wildman–Crippen MR) is 114 cm³/mol. The highest BCUT2D eigenvalue weighted by Gasteiger charge is 2.47. The Hall–Kier alpha value is -2.12. The van der Waals surface area contributed by atoms with Crippen LogP contribution in [0, 0.1) is 11.2 Å². The summed E-state index contributed by atoms with van der Waals surface area (Å²) in [4.78, 5) is 25.4. The van der Waals surface area contributed by atoms with Crippen molar-refractivity contribution < 1.29 is 36.6 Å². The number of unbranched alkanes of at least 4 members (excludes halogenated alkanes) is 7. The van der Waals surface area contributed by atoms with Crippen molar-refractivity contribution in [2.75, 3.05) is 6.61 Å². The second kappa shape index (κ2) is 13.4. The zero-order valence-electron chi connectivity index (χ0n) is 19.2. The lowest BCUT2D eigenvalue weighted by Gasteiger charge is -2.27. The molecule has 0 bridgehead atoms. The maximum absolute atomic E-state index is 14.2.